The minimum Gasteiger partial charge on any atom is -0.351 e. The molecule has 7 heteroatoms. The molecule has 1 unspecified atom stereocenters. The zero-order valence-electron chi connectivity index (χ0n) is 20.7. The van der Waals surface area contributed by atoms with Gasteiger partial charge in [-0.25, -0.2) is 9.78 Å². The second-order valence-electron chi connectivity index (χ2n) is 9.28. The third-order valence-electron chi connectivity index (χ3n) is 6.76. The maximum Gasteiger partial charge on any atom is 0.320 e. The summed E-state index contributed by atoms with van der Waals surface area (Å²) in [6.45, 7) is 6.27. The first-order valence-electron chi connectivity index (χ1n) is 12.4. The predicted molar refractivity (Wildman–Crippen MR) is 142 cm³/mol. The van der Waals surface area contributed by atoms with E-state index in [1.165, 1.54) is 4.90 Å². The van der Waals surface area contributed by atoms with E-state index in [1.54, 1.807) is 0 Å². The number of rotatable bonds is 7. The van der Waals surface area contributed by atoms with Crippen molar-refractivity contribution in [2.75, 3.05) is 0 Å². The van der Waals surface area contributed by atoms with Crippen molar-refractivity contribution in [1.82, 2.24) is 14.9 Å². The lowest BCUT2D eigenvalue weighted by molar-refractivity contribution is 0.217. The summed E-state index contributed by atoms with van der Waals surface area (Å²) in [5, 5.41) is 9.01. The van der Waals surface area contributed by atoms with Crippen molar-refractivity contribution in [2.45, 2.75) is 65.0 Å². The monoisotopic (exact) mass is 470 g/mol. The highest BCUT2D eigenvalue weighted by Crippen LogP contribution is 2.31. The maximum absolute atomic E-state index is 12.4. The number of nitrogens with two attached hydrogens (primary N) is 1. The van der Waals surface area contributed by atoms with Gasteiger partial charge in [0.25, 0.3) is 0 Å². The van der Waals surface area contributed by atoms with Gasteiger partial charge in [0.15, 0.2) is 5.84 Å². The van der Waals surface area contributed by atoms with Crippen LogP contribution in [0.15, 0.2) is 53.5 Å². The molecule has 1 aliphatic carbocycles. The zero-order chi connectivity index (χ0) is 24.9. The number of carbonyl (C=O) groups is 1. The van der Waals surface area contributed by atoms with E-state index in [1.807, 2.05) is 55.6 Å². The summed E-state index contributed by atoms with van der Waals surface area (Å²) in [5.41, 5.74) is 10.8. The number of hydrogen-bond acceptors (Lipinski definition) is 4. The molecule has 1 fully saturated rings. The molecule has 0 aliphatic heterocycles. The Morgan fingerprint density at radius 1 is 1.23 bits per heavy atom. The zero-order valence-corrected chi connectivity index (χ0v) is 20.7. The predicted octanol–water partition coefficient (Wildman–Crippen LogP) is 5.92. The van der Waals surface area contributed by atoms with Crippen LogP contribution in [-0.4, -0.2) is 45.0 Å². The number of amides is 2. The number of primary amides is 1. The van der Waals surface area contributed by atoms with Crippen LogP contribution in [0, 0.1) is 12.3 Å². The summed E-state index contributed by atoms with van der Waals surface area (Å²) in [6.07, 6.45) is 6.68. The third-order valence-corrected chi connectivity index (χ3v) is 6.76. The lowest BCUT2D eigenvalue weighted by Crippen LogP contribution is -2.46. The van der Waals surface area contributed by atoms with Crippen LogP contribution >= 0.6 is 0 Å². The fourth-order valence-corrected chi connectivity index (χ4v) is 4.52. The van der Waals surface area contributed by atoms with E-state index in [2.05, 4.69) is 29.9 Å². The van der Waals surface area contributed by atoms with E-state index in [0.717, 1.165) is 54.4 Å². The average Bonchev–Trinajstić information content (AvgIpc) is 3.54. The Labute approximate surface area is 207 Å². The first kappa shape index (κ1) is 24.4. The van der Waals surface area contributed by atoms with E-state index in [9.17, 15) is 4.79 Å². The fraction of sp³-hybridized carbons (Fsp3) is 0.357. The highest BCUT2D eigenvalue weighted by Gasteiger charge is 2.31. The Bertz CT molecular complexity index is 1220. The molecule has 2 aromatic carbocycles. The number of benzene rings is 2. The van der Waals surface area contributed by atoms with Gasteiger partial charge in [0.1, 0.15) is 17.2 Å². The van der Waals surface area contributed by atoms with Gasteiger partial charge in [0.2, 0.25) is 0 Å². The molecule has 1 aromatic heterocycles. The van der Waals surface area contributed by atoms with Gasteiger partial charge >= 0.3 is 6.03 Å². The standard InChI is InChI=1S/C28H34N6O/c1-4-19(3)31-17-22-15-14-21(16-18(22)2)24-25(33-27(32-24)20-10-6-5-7-11-20)26(29)34(28(30)35)23-12-8-9-13-23/h5-7,10-11,14-17,19,23,29H,4,8-9,12-13H2,1-3H3,(H2,30,35)(H,32,33). The van der Waals surface area contributed by atoms with E-state index in [0.29, 0.717) is 17.2 Å². The number of nitrogens with one attached hydrogen (secondary N) is 2. The summed E-state index contributed by atoms with van der Waals surface area (Å²) in [5.74, 6) is 0.713. The minimum atomic E-state index is -0.600. The van der Waals surface area contributed by atoms with Crippen molar-refractivity contribution in [2.24, 2.45) is 10.7 Å². The highest BCUT2D eigenvalue weighted by atomic mass is 16.2. The molecule has 7 nitrogen and oxygen atoms in total. The molecule has 0 spiro atoms. The van der Waals surface area contributed by atoms with Gasteiger partial charge in [-0.1, -0.05) is 62.2 Å². The van der Waals surface area contributed by atoms with Crippen molar-refractivity contribution >= 4 is 18.1 Å². The van der Waals surface area contributed by atoms with Crippen LogP contribution in [0.4, 0.5) is 4.79 Å². The Balaban J connectivity index is 1.78. The molecule has 4 rings (SSSR count). The number of aliphatic imine (C=N–C) groups is 1. The molecule has 1 heterocycles. The lowest BCUT2D eigenvalue weighted by Gasteiger charge is -2.27. The molecule has 0 radical (unpaired) electrons. The van der Waals surface area contributed by atoms with Gasteiger partial charge in [-0.05, 0) is 50.3 Å². The summed E-state index contributed by atoms with van der Waals surface area (Å²) in [6, 6.07) is 15.5. The fourth-order valence-electron chi connectivity index (χ4n) is 4.52. The summed E-state index contributed by atoms with van der Waals surface area (Å²) in [4.78, 5) is 26.7. The molecule has 182 valence electrons. The van der Waals surface area contributed by atoms with Crippen molar-refractivity contribution in [3.63, 3.8) is 0 Å². The van der Waals surface area contributed by atoms with Crippen LogP contribution in [0.2, 0.25) is 0 Å². The quantitative estimate of drug-likeness (QED) is 0.294. The number of carbonyl (C=O) groups excluding carboxylic acids is 1. The topological polar surface area (TPSA) is 111 Å². The summed E-state index contributed by atoms with van der Waals surface area (Å²) >= 11 is 0. The van der Waals surface area contributed by atoms with Gasteiger partial charge in [-0.2, -0.15) is 0 Å². The largest absolute Gasteiger partial charge is 0.351 e. The average molecular weight is 471 g/mol. The SMILES string of the molecule is CCC(C)N=Cc1ccc(-c2nc(-c3ccccc3)[nH]c2C(=N)N(C(N)=O)C2CCCC2)cc1C. The molecular weight excluding hydrogens is 436 g/mol. The number of urea groups is 1. The van der Waals surface area contributed by atoms with Gasteiger partial charge in [0, 0.05) is 29.4 Å². The molecule has 1 atom stereocenters. The number of hydrogen-bond donors (Lipinski definition) is 3. The van der Waals surface area contributed by atoms with Crippen LogP contribution in [0.25, 0.3) is 22.6 Å². The number of aryl methyl sites for hydroxylation is 1. The normalized spacial score (nSPS) is 14.9. The Kier molecular flexibility index (Phi) is 7.44. The Morgan fingerprint density at radius 3 is 2.57 bits per heavy atom. The van der Waals surface area contributed by atoms with Crippen LogP contribution < -0.4 is 5.73 Å². The van der Waals surface area contributed by atoms with Crippen LogP contribution in [0.1, 0.15) is 62.8 Å². The van der Waals surface area contributed by atoms with Crippen molar-refractivity contribution in [3.8, 4) is 22.6 Å². The van der Waals surface area contributed by atoms with E-state index >= 15 is 0 Å². The first-order chi connectivity index (χ1) is 16.9. The lowest BCUT2D eigenvalue weighted by atomic mass is 10.0. The molecular formula is C28H34N6O. The molecule has 4 N–H and O–H groups in total. The summed E-state index contributed by atoms with van der Waals surface area (Å²) in [7, 11) is 0. The molecule has 0 bridgehead atoms. The van der Waals surface area contributed by atoms with Crippen molar-refractivity contribution < 1.29 is 4.79 Å². The molecule has 0 saturated heterocycles. The molecule has 35 heavy (non-hydrogen) atoms. The van der Waals surface area contributed by atoms with Crippen LogP contribution in [0.5, 0.6) is 0 Å². The smallest absolute Gasteiger partial charge is 0.320 e. The Morgan fingerprint density at radius 2 is 1.94 bits per heavy atom. The highest BCUT2D eigenvalue weighted by molar-refractivity contribution is 6.08. The first-order valence-corrected chi connectivity index (χ1v) is 12.4. The minimum absolute atomic E-state index is 0.0581. The Hall–Kier alpha value is -3.74. The second kappa shape index (κ2) is 10.7. The maximum atomic E-state index is 12.4. The van der Waals surface area contributed by atoms with Crippen molar-refractivity contribution in [1.29, 1.82) is 5.41 Å². The van der Waals surface area contributed by atoms with Crippen LogP contribution in [0.3, 0.4) is 0 Å². The van der Waals surface area contributed by atoms with E-state index < -0.39 is 6.03 Å². The number of imidazole rings is 1. The molecule has 2 amide bonds. The number of aromatic nitrogens is 2. The van der Waals surface area contributed by atoms with Crippen molar-refractivity contribution in [3.05, 3.63) is 65.4 Å². The number of H-pyrrole nitrogens is 1. The van der Waals surface area contributed by atoms with E-state index in [-0.39, 0.29) is 17.9 Å². The van der Waals surface area contributed by atoms with Crippen LogP contribution in [-0.2, 0) is 0 Å². The van der Waals surface area contributed by atoms with Gasteiger partial charge in [-0.3, -0.25) is 15.3 Å². The third kappa shape index (κ3) is 5.34. The van der Waals surface area contributed by atoms with Gasteiger partial charge in [0.05, 0.1) is 0 Å². The molecule has 3 aromatic rings. The molecule has 1 saturated carbocycles. The second-order valence-corrected chi connectivity index (χ2v) is 9.28. The number of amidine groups is 1. The number of aromatic amines is 1. The summed E-state index contributed by atoms with van der Waals surface area (Å²) < 4.78 is 0. The molecule has 1 aliphatic rings. The van der Waals surface area contributed by atoms with Gasteiger partial charge in [-0.15, -0.1) is 0 Å². The number of nitrogens with zero attached hydrogens (tertiary/aromatic N) is 3. The van der Waals surface area contributed by atoms with E-state index in [4.69, 9.17) is 16.1 Å². The van der Waals surface area contributed by atoms with Gasteiger partial charge < -0.3 is 10.7 Å².